The molecular weight excluding hydrogens is 336 g/mol. The Kier molecular flexibility index (Phi) is 11.1. The number of carbonyl (C=O) groups excluding carboxylic acids is 3. The highest BCUT2D eigenvalue weighted by molar-refractivity contribution is 5.92. The largest absolute Gasteiger partial charge is 0.463 e. The molecule has 0 saturated carbocycles. The van der Waals surface area contributed by atoms with Crippen LogP contribution in [-0.4, -0.2) is 50.1 Å². The number of hydrogen-bond acceptors (Lipinski definition) is 6. The predicted octanol–water partition coefficient (Wildman–Crippen LogP) is 3.17. The van der Waals surface area contributed by atoms with Gasteiger partial charge in [-0.1, -0.05) is 19.4 Å². The number of aldehydes is 1. The highest BCUT2D eigenvalue weighted by Crippen LogP contribution is 2.26. The van der Waals surface area contributed by atoms with E-state index >= 15 is 0 Å². The average molecular weight is 368 g/mol. The zero-order chi connectivity index (χ0) is 19.4. The van der Waals surface area contributed by atoms with Crippen molar-refractivity contribution in [2.24, 2.45) is 0 Å². The van der Waals surface area contributed by atoms with E-state index in [4.69, 9.17) is 14.2 Å². The Morgan fingerprint density at radius 3 is 2.19 bits per heavy atom. The lowest BCUT2D eigenvalue weighted by Gasteiger charge is -2.25. The number of hydrogen-bond donors (Lipinski definition) is 0. The van der Waals surface area contributed by atoms with Crippen molar-refractivity contribution in [1.29, 1.82) is 0 Å². The van der Waals surface area contributed by atoms with Gasteiger partial charge in [0.15, 0.2) is 0 Å². The molecule has 2 atom stereocenters. The van der Waals surface area contributed by atoms with E-state index in [1.54, 1.807) is 6.92 Å². The van der Waals surface area contributed by atoms with Crippen molar-refractivity contribution in [2.45, 2.75) is 77.9 Å². The Balaban J connectivity index is 0.000000314. The van der Waals surface area contributed by atoms with Crippen molar-refractivity contribution in [2.75, 3.05) is 19.8 Å². The van der Waals surface area contributed by atoms with Gasteiger partial charge in [-0.2, -0.15) is 0 Å². The minimum atomic E-state index is -0.355. The minimum absolute atomic E-state index is 0.143. The first-order valence-corrected chi connectivity index (χ1v) is 9.62. The summed E-state index contributed by atoms with van der Waals surface area (Å²) in [7, 11) is 0. The Labute approximate surface area is 156 Å². The van der Waals surface area contributed by atoms with Crippen LogP contribution in [0.25, 0.3) is 0 Å². The minimum Gasteiger partial charge on any atom is -0.463 e. The number of rotatable bonds is 6. The third-order valence-electron chi connectivity index (χ3n) is 4.57. The third-order valence-corrected chi connectivity index (χ3v) is 4.57. The molecule has 2 aliphatic rings. The molecule has 2 rings (SSSR count). The lowest BCUT2D eigenvalue weighted by molar-refractivity contribution is -0.139. The van der Waals surface area contributed by atoms with E-state index in [2.05, 4.69) is 6.92 Å². The fourth-order valence-electron chi connectivity index (χ4n) is 3.01. The van der Waals surface area contributed by atoms with Gasteiger partial charge in [0.1, 0.15) is 12.1 Å². The smallest absolute Gasteiger partial charge is 0.334 e. The van der Waals surface area contributed by atoms with Gasteiger partial charge in [0, 0.05) is 24.8 Å². The summed E-state index contributed by atoms with van der Waals surface area (Å²) in [5.74, 6) is -0.000506. The van der Waals surface area contributed by atoms with Crippen LogP contribution in [-0.2, 0) is 28.6 Å². The second-order valence-electron chi connectivity index (χ2n) is 6.42. The molecule has 6 nitrogen and oxygen atoms in total. The topological polar surface area (TPSA) is 78.9 Å². The molecule has 0 aromatic heterocycles. The lowest BCUT2D eigenvalue weighted by atomic mass is 9.94. The Bertz CT molecular complexity index is 497. The molecule has 0 spiro atoms. The van der Waals surface area contributed by atoms with Gasteiger partial charge in [-0.25, -0.2) is 4.79 Å². The first kappa shape index (κ1) is 22.5. The maximum Gasteiger partial charge on any atom is 0.334 e. The normalized spacial score (nSPS) is 25.0. The van der Waals surface area contributed by atoms with Crippen LogP contribution in [0.15, 0.2) is 11.1 Å². The molecule has 2 aliphatic heterocycles. The van der Waals surface area contributed by atoms with E-state index < -0.39 is 0 Å². The van der Waals surface area contributed by atoms with Gasteiger partial charge < -0.3 is 19.0 Å². The Morgan fingerprint density at radius 2 is 1.69 bits per heavy atom. The van der Waals surface area contributed by atoms with E-state index in [1.807, 2.05) is 6.92 Å². The summed E-state index contributed by atoms with van der Waals surface area (Å²) in [4.78, 5) is 33.1. The molecule has 2 heterocycles. The maximum atomic E-state index is 11.7. The molecule has 0 aromatic carbocycles. The molecule has 0 aromatic rings. The van der Waals surface area contributed by atoms with Crippen molar-refractivity contribution < 1.29 is 28.6 Å². The van der Waals surface area contributed by atoms with E-state index in [9.17, 15) is 14.4 Å². The van der Waals surface area contributed by atoms with Crippen molar-refractivity contribution in [3.63, 3.8) is 0 Å². The fourth-order valence-corrected chi connectivity index (χ4v) is 3.01. The molecule has 0 radical (unpaired) electrons. The molecule has 6 heteroatoms. The summed E-state index contributed by atoms with van der Waals surface area (Å²) in [5, 5.41) is 0. The molecule has 0 aliphatic carbocycles. The number of ketones is 1. The highest BCUT2D eigenvalue weighted by Gasteiger charge is 2.22. The van der Waals surface area contributed by atoms with Gasteiger partial charge >= 0.3 is 5.97 Å². The Hall–Kier alpha value is -1.53. The van der Waals surface area contributed by atoms with E-state index in [-0.39, 0.29) is 24.6 Å². The fraction of sp³-hybridized carbons (Fsp3) is 0.750. The predicted molar refractivity (Wildman–Crippen MR) is 97.9 cm³/mol. The summed E-state index contributed by atoms with van der Waals surface area (Å²) in [6.45, 7) is 7.45. The zero-order valence-electron chi connectivity index (χ0n) is 16.3. The van der Waals surface area contributed by atoms with Crippen LogP contribution < -0.4 is 0 Å². The zero-order valence-corrected chi connectivity index (χ0v) is 16.3. The molecular formula is C20H32O6. The van der Waals surface area contributed by atoms with Gasteiger partial charge in [-0.15, -0.1) is 0 Å². The van der Waals surface area contributed by atoms with Crippen molar-refractivity contribution in [3.05, 3.63) is 11.1 Å². The number of carbonyl (C=O) groups is 3. The van der Waals surface area contributed by atoms with Crippen LogP contribution >= 0.6 is 0 Å². The second kappa shape index (κ2) is 12.8. The Morgan fingerprint density at radius 1 is 1.08 bits per heavy atom. The molecule has 2 unspecified atom stereocenters. The molecule has 0 bridgehead atoms. The van der Waals surface area contributed by atoms with Gasteiger partial charge in [0.2, 0.25) is 0 Å². The standard InChI is InChI=1S/C13H20O4.C7H12O2/c1-3-11-9-10(6-8-17-11)12(5-7-14)13(15)16-4-2;1-2-7-5-6(8)3-4-9-7/h7,11H,3-6,8-9H2,1-2H3;7H,2-5H2,1H3/b12-10-;. The van der Waals surface area contributed by atoms with Gasteiger partial charge in [-0.05, 0) is 32.6 Å². The molecule has 0 amide bonds. The number of esters is 1. The molecule has 2 saturated heterocycles. The summed E-state index contributed by atoms with van der Waals surface area (Å²) in [5.41, 5.74) is 1.55. The second-order valence-corrected chi connectivity index (χ2v) is 6.42. The molecule has 0 N–H and O–H groups in total. The van der Waals surface area contributed by atoms with Crippen molar-refractivity contribution in [1.82, 2.24) is 0 Å². The van der Waals surface area contributed by atoms with E-state index in [1.165, 1.54) is 0 Å². The highest BCUT2D eigenvalue weighted by atomic mass is 16.5. The first-order valence-electron chi connectivity index (χ1n) is 9.62. The maximum absolute atomic E-state index is 11.7. The van der Waals surface area contributed by atoms with Crippen LogP contribution in [0.4, 0.5) is 0 Å². The van der Waals surface area contributed by atoms with Crippen LogP contribution in [0.1, 0.15) is 65.7 Å². The van der Waals surface area contributed by atoms with Crippen molar-refractivity contribution in [3.8, 4) is 0 Å². The average Bonchev–Trinajstić information content (AvgIpc) is 2.66. The van der Waals surface area contributed by atoms with Gasteiger partial charge in [0.05, 0.1) is 32.0 Å². The molecule has 26 heavy (non-hydrogen) atoms. The van der Waals surface area contributed by atoms with E-state index in [0.717, 1.165) is 37.5 Å². The summed E-state index contributed by atoms with van der Waals surface area (Å²) in [6.07, 6.45) is 5.87. The van der Waals surface area contributed by atoms with Crippen LogP contribution in [0.3, 0.4) is 0 Å². The van der Waals surface area contributed by atoms with Crippen LogP contribution in [0, 0.1) is 0 Å². The van der Waals surface area contributed by atoms with Crippen LogP contribution in [0.2, 0.25) is 0 Å². The SMILES string of the molecule is CCC1CC(=O)CCO1.CCOC(=O)/C(CC=O)=C1/CCOC(CC)C1. The summed E-state index contributed by atoms with van der Waals surface area (Å²) < 4.78 is 15.8. The summed E-state index contributed by atoms with van der Waals surface area (Å²) in [6, 6.07) is 0. The monoisotopic (exact) mass is 368 g/mol. The number of Topliss-reactive ketones (excluding diaryl/α,β-unsaturated/α-hetero) is 1. The molecule has 2 fully saturated rings. The van der Waals surface area contributed by atoms with E-state index in [0.29, 0.717) is 44.0 Å². The lowest BCUT2D eigenvalue weighted by Crippen LogP contribution is -2.24. The number of ether oxygens (including phenoxy) is 3. The van der Waals surface area contributed by atoms with Gasteiger partial charge in [0.25, 0.3) is 0 Å². The summed E-state index contributed by atoms with van der Waals surface area (Å²) >= 11 is 0. The molecule has 148 valence electrons. The van der Waals surface area contributed by atoms with Crippen LogP contribution in [0.5, 0.6) is 0 Å². The van der Waals surface area contributed by atoms with Gasteiger partial charge in [-0.3, -0.25) is 4.79 Å². The third kappa shape index (κ3) is 7.79. The first-order chi connectivity index (χ1) is 12.5. The quantitative estimate of drug-likeness (QED) is 0.407. The van der Waals surface area contributed by atoms with Crippen molar-refractivity contribution >= 4 is 18.0 Å².